The van der Waals surface area contributed by atoms with Gasteiger partial charge in [-0.05, 0) is 82.0 Å². The third-order valence-corrected chi connectivity index (χ3v) is 7.92. The Morgan fingerprint density at radius 3 is 2.74 bits per heavy atom. The molecule has 9 nitrogen and oxygen atoms in total. The van der Waals surface area contributed by atoms with E-state index in [1.807, 2.05) is 32.9 Å². The third-order valence-electron chi connectivity index (χ3n) is 7.92. The van der Waals surface area contributed by atoms with Gasteiger partial charge < -0.3 is 19.9 Å². The van der Waals surface area contributed by atoms with Crippen LogP contribution in [0.4, 0.5) is 10.2 Å². The van der Waals surface area contributed by atoms with Crippen molar-refractivity contribution in [1.29, 1.82) is 5.26 Å². The predicted octanol–water partition coefficient (Wildman–Crippen LogP) is 6.02. The van der Waals surface area contributed by atoms with Gasteiger partial charge in [0.25, 0.3) is 5.91 Å². The molecule has 2 N–H and O–H groups in total. The van der Waals surface area contributed by atoms with Crippen LogP contribution in [-0.2, 0) is 6.54 Å². The second-order valence-corrected chi connectivity index (χ2v) is 11.0. The van der Waals surface area contributed by atoms with E-state index in [0.717, 1.165) is 43.4 Å². The maximum absolute atomic E-state index is 14.2. The Morgan fingerprint density at radius 1 is 1.24 bits per heavy atom. The summed E-state index contributed by atoms with van der Waals surface area (Å²) in [6.07, 6.45) is 4.83. The van der Waals surface area contributed by atoms with Gasteiger partial charge in [-0.2, -0.15) is 5.26 Å². The van der Waals surface area contributed by atoms with Gasteiger partial charge in [-0.25, -0.2) is 14.4 Å². The van der Waals surface area contributed by atoms with Gasteiger partial charge >= 0.3 is 0 Å². The van der Waals surface area contributed by atoms with Crippen molar-refractivity contribution in [3.8, 4) is 17.6 Å². The van der Waals surface area contributed by atoms with E-state index in [4.69, 9.17) is 4.74 Å². The zero-order valence-electron chi connectivity index (χ0n) is 24.4. The predicted molar refractivity (Wildman–Crippen MR) is 160 cm³/mol. The lowest BCUT2D eigenvalue weighted by Crippen LogP contribution is -2.39. The number of aromatic nitrogens is 3. The number of fused-ring (bicyclic) bond motifs is 1. The summed E-state index contributed by atoms with van der Waals surface area (Å²) in [5.74, 6) is 0.363. The van der Waals surface area contributed by atoms with E-state index in [0.29, 0.717) is 23.8 Å². The largest absolute Gasteiger partial charge is 0.451 e. The van der Waals surface area contributed by atoms with Crippen molar-refractivity contribution in [1.82, 2.24) is 24.8 Å². The maximum atomic E-state index is 14.2. The molecule has 3 heterocycles. The highest BCUT2D eigenvalue weighted by atomic mass is 19.1. The number of carbonyl (C=O) groups excluding carboxylic acids is 1. The van der Waals surface area contributed by atoms with Crippen molar-refractivity contribution < 1.29 is 13.9 Å². The van der Waals surface area contributed by atoms with Crippen molar-refractivity contribution in [3.63, 3.8) is 0 Å². The molecule has 218 valence electrons. The lowest BCUT2D eigenvalue weighted by atomic mass is 10.0. The first-order chi connectivity index (χ1) is 20.3. The number of anilines is 1. The fraction of sp³-hybridized carbons (Fsp3) is 0.375. The Morgan fingerprint density at radius 2 is 2.02 bits per heavy atom. The van der Waals surface area contributed by atoms with E-state index >= 15 is 0 Å². The summed E-state index contributed by atoms with van der Waals surface area (Å²) >= 11 is 0. The molecule has 0 saturated carbocycles. The molecule has 10 heteroatoms. The quantitative estimate of drug-likeness (QED) is 0.254. The van der Waals surface area contributed by atoms with E-state index in [-0.39, 0.29) is 29.3 Å². The number of rotatable bonds is 9. The van der Waals surface area contributed by atoms with Crippen LogP contribution in [0.15, 0.2) is 48.9 Å². The highest BCUT2D eigenvalue weighted by Gasteiger charge is 2.25. The number of nitrogens with zero attached hydrogens (tertiary/aromatic N) is 5. The van der Waals surface area contributed by atoms with Crippen molar-refractivity contribution in [3.05, 3.63) is 77.1 Å². The first-order valence-electron chi connectivity index (χ1n) is 14.4. The minimum atomic E-state index is -0.505. The van der Waals surface area contributed by atoms with E-state index in [2.05, 4.69) is 44.2 Å². The second kappa shape index (κ2) is 12.6. The minimum Gasteiger partial charge on any atom is -0.451 e. The Balaban J connectivity index is 1.25. The molecule has 1 amide bonds. The van der Waals surface area contributed by atoms with Crippen molar-refractivity contribution in [2.75, 3.05) is 25.0 Å². The molecule has 2 aromatic carbocycles. The summed E-state index contributed by atoms with van der Waals surface area (Å²) < 4.78 is 20.4. The lowest BCUT2D eigenvalue weighted by Gasteiger charge is -2.33. The number of aromatic amines is 1. The number of aryl methyl sites for hydroxylation is 1. The zero-order valence-corrected chi connectivity index (χ0v) is 24.4. The molecule has 0 bridgehead atoms. The summed E-state index contributed by atoms with van der Waals surface area (Å²) in [4.78, 5) is 29.1. The summed E-state index contributed by atoms with van der Waals surface area (Å²) in [6.45, 7) is 11.0. The molecule has 1 aliphatic heterocycles. The molecule has 1 fully saturated rings. The molecule has 2 aromatic heterocycles. The SMILES string of the molecule is CCN(C(=O)c1cc(F)ccc1Oc1cncnc1NC1CCN(Cc2ccc3[nH]c(C#N)cc3c2C)CC1)C(C)C. The second-order valence-electron chi connectivity index (χ2n) is 11.0. The Bertz CT molecular complexity index is 1620. The average Bonchev–Trinajstić information content (AvgIpc) is 3.42. The molecule has 0 unspecified atom stereocenters. The highest BCUT2D eigenvalue weighted by molar-refractivity contribution is 5.97. The number of ether oxygens (including phenoxy) is 1. The topological polar surface area (TPSA) is 110 Å². The van der Waals surface area contributed by atoms with Crippen LogP contribution in [0.25, 0.3) is 10.9 Å². The maximum Gasteiger partial charge on any atom is 0.257 e. The fourth-order valence-electron chi connectivity index (χ4n) is 5.57. The first-order valence-corrected chi connectivity index (χ1v) is 14.4. The molecule has 4 aromatic rings. The summed E-state index contributed by atoms with van der Waals surface area (Å²) in [7, 11) is 0. The van der Waals surface area contributed by atoms with Gasteiger partial charge in [0, 0.05) is 49.2 Å². The van der Waals surface area contributed by atoms with Crippen molar-refractivity contribution >= 4 is 22.6 Å². The van der Waals surface area contributed by atoms with Crippen LogP contribution in [0.5, 0.6) is 11.5 Å². The van der Waals surface area contributed by atoms with E-state index in [9.17, 15) is 14.4 Å². The van der Waals surface area contributed by atoms with Gasteiger partial charge in [0.2, 0.25) is 0 Å². The smallest absolute Gasteiger partial charge is 0.257 e. The fourth-order valence-corrected chi connectivity index (χ4v) is 5.57. The van der Waals surface area contributed by atoms with Crippen molar-refractivity contribution in [2.45, 2.75) is 59.2 Å². The number of nitrogens with one attached hydrogen (secondary N) is 2. The number of likely N-dealkylation sites (tertiary alicyclic amines) is 1. The molecule has 5 rings (SSSR count). The molecular formula is C32H36FN7O2. The number of nitriles is 1. The molecule has 0 aliphatic carbocycles. The highest BCUT2D eigenvalue weighted by Crippen LogP contribution is 2.32. The molecule has 1 saturated heterocycles. The normalized spacial score (nSPS) is 14.2. The molecule has 42 heavy (non-hydrogen) atoms. The Hall–Kier alpha value is -4.49. The monoisotopic (exact) mass is 569 g/mol. The molecule has 1 aliphatic rings. The average molecular weight is 570 g/mol. The van der Waals surface area contributed by atoms with Crippen LogP contribution < -0.4 is 10.1 Å². The van der Waals surface area contributed by atoms with E-state index in [1.165, 1.54) is 35.7 Å². The number of H-pyrrole nitrogens is 1. The number of amides is 1. The standard InChI is InChI=1S/C32H36FN7O2/c1-5-40(20(2)3)32(41)27-14-23(33)7-9-29(27)42-30-17-35-19-36-31(30)38-24-10-12-39(13-11-24)18-22-6-8-28-26(21(22)4)15-25(16-34)37-28/h6-9,14-15,17,19-20,24,37H,5,10-13,18H2,1-4H3,(H,35,36,38). The number of piperidine rings is 1. The zero-order chi connectivity index (χ0) is 29.8. The van der Waals surface area contributed by atoms with Crippen molar-refractivity contribution in [2.24, 2.45) is 0 Å². The summed E-state index contributed by atoms with van der Waals surface area (Å²) in [5, 5.41) is 13.8. The van der Waals surface area contributed by atoms with E-state index < -0.39 is 5.82 Å². The van der Waals surface area contributed by atoms with Crippen LogP contribution >= 0.6 is 0 Å². The molecule has 0 radical (unpaired) electrons. The van der Waals surface area contributed by atoms with Gasteiger partial charge in [0.1, 0.15) is 29.7 Å². The summed E-state index contributed by atoms with van der Waals surface area (Å²) in [6, 6.07) is 12.4. The number of halogens is 1. The number of carbonyl (C=O) groups is 1. The molecule has 0 atom stereocenters. The number of benzene rings is 2. The number of hydrogen-bond donors (Lipinski definition) is 2. The van der Waals surface area contributed by atoms with Crippen LogP contribution in [0.2, 0.25) is 0 Å². The van der Waals surface area contributed by atoms with Crippen LogP contribution in [0.1, 0.15) is 60.8 Å². The summed E-state index contributed by atoms with van der Waals surface area (Å²) in [5.41, 5.74) is 4.17. The van der Waals surface area contributed by atoms with Gasteiger partial charge in [0.05, 0.1) is 11.8 Å². The third kappa shape index (κ3) is 6.21. The first kappa shape index (κ1) is 29.0. The van der Waals surface area contributed by atoms with Gasteiger partial charge in [-0.3, -0.25) is 9.69 Å². The van der Waals surface area contributed by atoms with Gasteiger partial charge in [0.15, 0.2) is 11.6 Å². The molecular weight excluding hydrogens is 533 g/mol. The Kier molecular flexibility index (Phi) is 8.69. The van der Waals surface area contributed by atoms with E-state index in [1.54, 1.807) is 11.1 Å². The van der Waals surface area contributed by atoms with Gasteiger partial charge in [-0.15, -0.1) is 0 Å². The lowest BCUT2D eigenvalue weighted by molar-refractivity contribution is 0.0713. The van der Waals surface area contributed by atoms with Crippen LogP contribution in [-0.4, -0.2) is 62.4 Å². The number of hydrogen-bond acceptors (Lipinski definition) is 7. The van der Waals surface area contributed by atoms with Crippen LogP contribution in [0, 0.1) is 24.1 Å². The Labute approximate surface area is 245 Å². The minimum absolute atomic E-state index is 0.0429. The molecule has 0 spiro atoms. The van der Waals surface area contributed by atoms with Crippen LogP contribution in [0.3, 0.4) is 0 Å². The van der Waals surface area contributed by atoms with Gasteiger partial charge in [-0.1, -0.05) is 6.07 Å².